The number of ether oxygens (including phenoxy) is 1. The van der Waals surface area contributed by atoms with Crippen LogP contribution in [0.15, 0.2) is 12.1 Å². The first-order chi connectivity index (χ1) is 8.10. The number of aryl methyl sites for hydroxylation is 2. The van der Waals surface area contributed by atoms with Gasteiger partial charge in [0, 0.05) is 0 Å². The molecule has 0 amide bonds. The Labute approximate surface area is 112 Å². The van der Waals surface area contributed by atoms with Crippen LogP contribution < -0.4 is 4.74 Å². The van der Waals surface area contributed by atoms with Crippen LogP contribution in [0.3, 0.4) is 0 Å². The van der Waals surface area contributed by atoms with E-state index in [0.29, 0.717) is 5.02 Å². The van der Waals surface area contributed by atoms with Crippen molar-refractivity contribution in [1.82, 2.24) is 0 Å². The minimum absolute atomic E-state index is 0.703. The molecule has 0 unspecified atom stereocenters. The summed E-state index contributed by atoms with van der Waals surface area (Å²) in [6.45, 7) is 12.4. The maximum atomic E-state index is 5.99. The Morgan fingerprint density at radius 3 is 1.88 bits per heavy atom. The summed E-state index contributed by atoms with van der Waals surface area (Å²) < 4.78 is 5.14. The van der Waals surface area contributed by atoms with E-state index in [-0.39, 0.29) is 0 Å². The van der Waals surface area contributed by atoms with Crippen LogP contribution in [0.2, 0.25) is 5.02 Å². The van der Waals surface area contributed by atoms with Gasteiger partial charge in [0.25, 0.3) is 0 Å². The summed E-state index contributed by atoms with van der Waals surface area (Å²) in [6, 6.07) is 4.05. The zero-order chi connectivity index (χ0) is 13.8. The van der Waals surface area contributed by atoms with Crippen molar-refractivity contribution in [1.29, 1.82) is 0 Å². The van der Waals surface area contributed by atoms with Gasteiger partial charge in [-0.1, -0.05) is 58.7 Å². The van der Waals surface area contributed by atoms with Gasteiger partial charge in [-0.05, 0) is 30.5 Å². The van der Waals surface area contributed by atoms with Crippen LogP contribution in [0.5, 0.6) is 5.75 Å². The quantitative estimate of drug-likeness (QED) is 0.665. The third-order valence-corrected chi connectivity index (χ3v) is 2.18. The van der Waals surface area contributed by atoms with Gasteiger partial charge in [-0.15, -0.1) is 0 Å². The van der Waals surface area contributed by atoms with Gasteiger partial charge in [-0.25, -0.2) is 0 Å². The number of hydrogen-bond donors (Lipinski definition) is 0. The highest BCUT2D eigenvalue weighted by Crippen LogP contribution is 2.29. The van der Waals surface area contributed by atoms with Crippen LogP contribution in [0.4, 0.5) is 0 Å². The van der Waals surface area contributed by atoms with E-state index in [2.05, 4.69) is 26.8 Å². The molecular formula is C15H27ClO. The molecule has 0 spiro atoms. The van der Waals surface area contributed by atoms with E-state index in [0.717, 1.165) is 17.7 Å². The smallest absolute Gasteiger partial charge is 0.140 e. The van der Waals surface area contributed by atoms with Crippen LogP contribution in [0, 0.1) is 6.92 Å². The van der Waals surface area contributed by atoms with Gasteiger partial charge in [0.15, 0.2) is 0 Å². The molecule has 1 rings (SSSR count). The molecular weight excluding hydrogens is 232 g/mol. The second-order valence-corrected chi connectivity index (χ2v) is 3.90. The monoisotopic (exact) mass is 258 g/mol. The maximum Gasteiger partial charge on any atom is 0.140 e. The van der Waals surface area contributed by atoms with Crippen molar-refractivity contribution in [2.24, 2.45) is 0 Å². The first kappa shape index (κ1) is 18.7. The van der Waals surface area contributed by atoms with E-state index in [1.54, 1.807) is 7.11 Å². The molecule has 0 aliphatic heterocycles. The molecule has 2 heteroatoms. The fourth-order valence-corrected chi connectivity index (χ4v) is 1.63. The van der Waals surface area contributed by atoms with E-state index >= 15 is 0 Å². The summed E-state index contributed by atoms with van der Waals surface area (Å²) in [5, 5.41) is 0.703. The Kier molecular flexibility index (Phi) is 12.9. The molecule has 0 saturated carbocycles. The predicted molar refractivity (Wildman–Crippen MR) is 79.4 cm³/mol. The van der Waals surface area contributed by atoms with Crippen LogP contribution in [-0.4, -0.2) is 7.11 Å². The average Bonchev–Trinajstić information content (AvgIpc) is 2.32. The summed E-state index contributed by atoms with van der Waals surface area (Å²) in [5.74, 6) is 0.786. The summed E-state index contributed by atoms with van der Waals surface area (Å²) in [6.07, 6.45) is 2.25. The number of rotatable bonds is 2. The zero-order valence-electron chi connectivity index (χ0n) is 12.4. The van der Waals surface area contributed by atoms with Crippen molar-refractivity contribution >= 4 is 11.6 Å². The Balaban J connectivity index is 0. The fraction of sp³-hybridized carbons (Fsp3) is 0.600. The Bertz CT molecular complexity index is 272. The van der Waals surface area contributed by atoms with Crippen LogP contribution in [0.25, 0.3) is 0 Å². The van der Waals surface area contributed by atoms with Gasteiger partial charge in [0.1, 0.15) is 5.75 Å². The van der Waals surface area contributed by atoms with Gasteiger partial charge >= 0.3 is 0 Å². The third-order valence-electron chi connectivity index (χ3n) is 1.90. The average molecular weight is 259 g/mol. The second-order valence-electron chi connectivity index (χ2n) is 3.49. The van der Waals surface area contributed by atoms with Crippen LogP contribution in [0.1, 0.15) is 52.2 Å². The van der Waals surface area contributed by atoms with Crippen molar-refractivity contribution in [2.75, 3.05) is 7.11 Å². The fourth-order valence-electron chi connectivity index (χ4n) is 1.26. The molecule has 1 nitrogen and oxygen atoms in total. The largest absolute Gasteiger partial charge is 0.495 e. The van der Waals surface area contributed by atoms with E-state index in [1.807, 2.05) is 26.8 Å². The van der Waals surface area contributed by atoms with Crippen LogP contribution >= 0.6 is 11.6 Å². The zero-order valence-corrected chi connectivity index (χ0v) is 13.1. The normalized spacial score (nSPS) is 8.47. The van der Waals surface area contributed by atoms with Gasteiger partial charge < -0.3 is 4.74 Å². The minimum Gasteiger partial charge on any atom is -0.495 e. The lowest BCUT2D eigenvalue weighted by Crippen LogP contribution is -1.90. The lowest BCUT2D eigenvalue weighted by atomic mass is 10.1. The van der Waals surface area contributed by atoms with Crippen LogP contribution in [-0.2, 0) is 6.42 Å². The molecule has 1 aromatic carbocycles. The standard InChI is InChI=1S/C10H13ClO.C3H8.C2H6/c1-4-8-5-7(2)10(12-3)9(11)6-8;1-3-2;1-2/h5-6H,4H2,1-3H3;3H2,1-2H3;1-2H3. The lowest BCUT2D eigenvalue weighted by Gasteiger charge is -2.08. The first-order valence-electron chi connectivity index (χ1n) is 6.43. The molecule has 0 N–H and O–H groups in total. The Morgan fingerprint density at radius 2 is 1.59 bits per heavy atom. The molecule has 0 aliphatic carbocycles. The van der Waals surface area contributed by atoms with Gasteiger partial charge in [0.05, 0.1) is 12.1 Å². The number of hydrogen-bond acceptors (Lipinski definition) is 1. The predicted octanol–water partition coefficient (Wildman–Crippen LogP) is 5.66. The Hall–Kier alpha value is -0.690. The molecule has 100 valence electrons. The highest BCUT2D eigenvalue weighted by atomic mass is 35.5. The molecule has 17 heavy (non-hydrogen) atoms. The Morgan fingerprint density at radius 1 is 1.12 bits per heavy atom. The van der Waals surface area contributed by atoms with Gasteiger partial charge in [0.2, 0.25) is 0 Å². The van der Waals surface area contributed by atoms with E-state index in [4.69, 9.17) is 16.3 Å². The van der Waals surface area contributed by atoms with Crippen molar-refractivity contribution in [3.05, 3.63) is 28.3 Å². The molecule has 0 radical (unpaired) electrons. The molecule has 0 saturated heterocycles. The van der Waals surface area contributed by atoms with Crippen molar-refractivity contribution < 1.29 is 4.74 Å². The van der Waals surface area contributed by atoms with Crippen molar-refractivity contribution in [3.63, 3.8) is 0 Å². The lowest BCUT2D eigenvalue weighted by molar-refractivity contribution is 0.412. The molecule has 0 heterocycles. The molecule has 0 aromatic heterocycles. The summed E-state index contributed by atoms with van der Waals surface area (Å²) in [4.78, 5) is 0. The van der Waals surface area contributed by atoms with E-state index in [9.17, 15) is 0 Å². The number of halogens is 1. The summed E-state index contributed by atoms with van der Waals surface area (Å²) in [5.41, 5.74) is 2.35. The third kappa shape index (κ3) is 7.27. The first-order valence-corrected chi connectivity index (χ1v) is 6.81. The summed E-state index contributed by atoms with van der Waals surface area (Å²) in [7, 11) is 1.64. The van der Waals surface area contributed by atoms with Gasteiger partial charge in [-0.2, -0.15) is 0 Å². The highest BCUT2D eigenvalue weighted by Gasteiger charge is 2.04. The molecule has 1 aromatic rings. The maximum absolute atomic E-state index is 5.99. The molecule has 0 aliphatic rings. The SMILES string of the molecule is CC.CCC.CCc1cc(C)c(OC)c(Cl)c1. The molecule has 0 fully saturated rings. The van der Waals surface area contributed by atoms with Crippen molar-refractivity contribution in [2.45, 2.75) is 54.4 Å². The van der Waals surface area contributed by atoms with Gasteiger partial charge in [-0.3, -0.25) is 0 Å². The van der Waals surface area contributed by atoms with E-state index in [1.165, 1.54) is 12.0 Å². The number of benzene rings is 1. The van der Waals surface area contributed by atoms with Crippen molar-refractivity contribution in [3.8, 4) is 5.75 Å². The summed E-state index contributed by atoms with van der Waals surface area (Å²) >= 11 is 5.99. The second kappa shape index (κ2) is 11.8. The van der Waals surface area contributed by atoms with E-state index < -0.39 is 0 Å². The molecule has 0 atom stereocenters. The number of methoxy groups -OCH3 is 1. The minimum atomic E-state index is 0.703. The highest BCUT2D eigenvalue weighted by molar-refractivity contribution is 6.32. The topological polar surface area (TPSA) is 9.23 Å². The molecule has 0 bridgehead atoms.